The summed E-state index contributed by atoms with van der Waals surface area (Å²) in [6.45, 7) is 1.85. The average Bonchev–Trinajstić information content (AvgIpc) is 2.47. The molecule has 14 heavy (non-hydrogen) atoms. The van der Waals surface area contributed by atoms with Crippen LogP contribution in [0.1, 0.15) is 5.56 Å². The first-order valence-corrected chi connectivity index (χ1v) is 6.19. The van der Waals surface area contributed by atoms with E-state index in [2.05, 4.69) is 10.2 Å². The number of rotatable bonds is 1. The molecule has 6 heteroatoms. The highest BCUT2D eigenvalue weighted by Gasteiger charge is 2.17. The van der Waals surface area contributed by atoms with Crippen LogP contribution in [0.2, 0.25) is 0 Å². The van der Waals surface area contributed by atoms with E-state index in [1.165, 1.54) is 0 Å². The monoisotopic (exact) mass is 230 g/mol. The number of hydrogen-bond donors (Lipinski definition) is 1. The lowest BCUT2D eigenvalue weighted by Gasteiger charge is -1.93. The van der Waals surface area contributed by atoms with Gasteiger partial charge in [0.25, 0.3) is 9.05 Å². The predicted molar refractivity (Wildman–Crippen MR) is 53.9 cm³/mol. The molecule has 0 radical (unpaired) electrons. The molecule has 0 spiro atoms. The summed E-state index contributed by atoms with van der Waals surface area (Å²) in [4.78, 5) is 0. The van der Waals surface area contributed by atoms with Crippen LogP contribution in [0.3, 0.4) is 0 Å². The van der Waals surface area contributed by atoms with Gasteiger partial charge in [0.2, 0.25) is 0 Å². The van der Waals surface area contributed by atoms with E-state index in [0.29, 0.717) is 10.9 Å². The second-order valence-corrected chi connectivity index (χ2v) is 5.46. The highest BCUT2D eigenvalue weighted by molar-refractivity contribution is 8.13. The van der Waals surface area contributed by atoms with Crippen LogP contribution >= 0.6 is 10.7 Å². The van der Waals surface area contributed by atoms with Gasteiger partial charge in [-0.3, -0.25) is 5.10 Å². The zero-order valence-electron chi connectivity index (χ0n) is 7.28. The van der Waals surface area contributed by atoms with Crippen LogP contribution in [-0.2, 0) is 9.05 Å². The molecule has 1 heterocycles. The molecule has 0 unspecified atom stereocenters. The number of nitrogens with one attached hydrogen (secondary N) is 1. The highest BCUT2D eigenvalue weighted by atomic mass is 35.7. The van der Waals surface area contributed by atoms with Gasteiger partial charge in [-0.2, -0.15) is 5.10 Å². The molecular formula is C8H7ClN2O2S. The molecule has 2 rings (SSSR count). The fourth-order valence-electron chi connectivity index (χ4n) is 1.34. The number of fused-ring (bicyclic) bond motifs is 1. The van der Waals surface area contributed by atoms with E-state index >= 15 is 0 Å². The molecular weight excluding hydrogens is 224 g/mol. The normalized spacial score (nSPS) is 12.1. The van der Waals surface area contributed by atoms with Crippen LogP contribution in [0.15, 0.2) is 23.2 Å². The third-order valence-corrected chi connectivity index (χ3v) is 3.26. The van der Waals surface area contributed by atoms with Crippen LogP contribution in [0, 0.1) is 6.92 Å². The van der Waals surface area contributed by atoms with Crippen LogP contribution in [0.4, 0.5) is 0 Å². The smallest absolute Gasteiger partial charge is 0.265 e. The molecule has 2 aromatic rings. The second kappa shape index (κ2) is 2.96. The largest absolute Gasteiger partial charge is 0.278 e. The summed E-state index contributed by atoms with van der Waals surface area (Å²) < 4.78 is 22.2. The average molecular weight is 231 g/mol. The molecule has 0 amide bonds. The molecule has 0 aliphatic carbocycles. The minimum absolute atomic E-state index is 0.0436. The Balaban J connectivity index is 2.90. The van der Waals surface area contributed by atoms with Crippen LogP contribution < -0.4 is 0 Å². The van der Waals surface area contributed by atoms with Crippen molar-refractivity contribution >= 4 is 30.6 Å². The van der Waals surface area contributed by atoms with Crippen LogP contribution in [0.5, 0.6) is 0 Å². The SMILES string of the molecule is Cc1cccc2c(S(=O)(=O)Cl)[nH]nc12. The van der Waals surface area contributed by atoms with Crippen molar-refractivity contribution in [1.82, 2.24) is 10.2 Å². The summed E-state index contributed by atoms with van der Waals surface area (Å²) in [6, 6.07) is 5.29. The molecule has 0 aliphatic rings. The maximum atomic E-state index is 11.1. The number of H-pyrrole nitrogens is 1. The standard InChI is InChI=1S/C8H7ClN2O2S/c1-5-3-2-4-6-7(5)10-11-8(6)14(9,12)13/h2-4H,1H3,(H,10,11). The van der Waals surface area contributed by atoms with Crippen molar-refractivity contribution in [3.63, 3.8) is 0 Å². The van der Waals surface area contributed by atoms with Crippen molar-refractivity contribution in [3.8, 4) is 0 Å². The van der Waals surface area contributed by atoms with Crippen molar-refractivity contribution in [3.05, 3.63) is 23.8 Å². The number of benzene rings is 1. The number of para-hydroxylation sites is 1. The topological polar surface area (TPSA) is 62.8 Å². The number of aromatic nitrogens is 2. The van der Waals surface area contributed by atoms with Gasteiger partial charge >= 0.3 is 0 Å². The molecule has 74 valence electrons. The number of aryl methyl sites for hydroxylation is 1. The van der Waals surface area contributed by atoms with Crippen molar-refractivity contribution in [2.75, 3.05) is 0 Å². The first-order valence-electron chi connectivity index (χ1n) is 3.88. The van der Waals surface area contributed by atoms with E-state index in [0.717, 1.165) is 5.56 Å². The summed E-state index contributed by atoms with van der Waals surface area (Å²) in [7, 11) is 1.48. The zero-order valence-corrected chi connectivity index (χ0v) is 8.85. The van der Waals surface area contributed by atoms with Gasteiger partial charge in [-0.1, -0.05) is 12.1 Å². The maximum absolute atomic E-state index is 11.1. The Morgan fingerprint density at radius 3 is 2.79 bits per heavy atom. The lowest BCUT2D eigenvalue weighted by molar-refractivity contribution is 0.606. The van der Waals surface area contributed by atoms with Gasteiger partial charge < -0.3 is 0 Å². The zero-order chi connectivity index (χ0) is 10.3. The highest BCUT2D eigenvalue weighted by Crippen LogP contribution is 2.24. The van der Waals surface area contributed by atoms with Gasteiger partial charge in [-0.15, -0.1) is 0 Å². The minimum atomic E-state index is -3.75. The molecule has 1 aromatic carbocycles. The molecule has 1 aromatic heterocycles. The fraction of sp³-hybridized carbons (Fsp3) is 0.125. The summed E-state index contributed by atoms with van der Waals surface area (Å²) in [6.07, 6.45) is 0. The van der Waals surface area contributed by atoms with Crippen LogP contribution in [0.25, 0.3) is 10.9 Å². The number of nitrogens with zero attached hydrogens (tertiary/aromatic N) is 1. The lowest BCUT2D eigenvalue weighted by atomic mass is 10.2. The van der Waals surface area contributed by atoms with E-state index in [9.17, 15) is 8.42 Å². The Bertz CT molecular complexity index is 588. The Kier molecular flexibility index (Phi) is 2.01. The third kappa shape index (κ3) is 1.38. The summed E-state index contributed by atoms with van der Waals surface area (Å²) in [5, 5.41) is 6.80. The predicted octanol–water partition coefficient (Wildman–Crippen LogP) is 1.80. The molecule has 0 saturated carbocycles. The van der Waals surface area contributed by atoms with E-state index < -0.39 is 9.05 Å². The third-order valence-electron chi connectivity index (χ3n) is 2.00. The van der Waals surface area contributed by atoms with Crippen molar-refractivity contribution in [1.29, 1.82) is 0 Å². The molecule has 0 aliphatic heterocycles. The van der Waals surface area contributed by atoms with Gasteiger partial charge in [0, 0.05) is 16.1 Å². The lowest BCUT2D eigenvalue weighted by Crippen LogP contribution is -1.90. The van der Waals surface area contributed by atoms with Gasteiger partial charge in [0.15, 0.2) is 5.03 Å². The van der Waals surface area contributed by atoms with Crippen molar-refractivity contribution < 1.29 is 8.42 Å². The molecule has 0 saturated heterocycles. The second-order valence-electron chi connectivity index (χ2n) is 2.96. The summed E-state index contributed by atoms with van der Waals surface area (Å²) in [5.41, 5.74) is 1.54. The number of hydrogen-bond acceptors (Lipinski definition) is 3. The Morgan fingerprint density at radius 1 is 1.43 bits per heavy atom. The summed E-state index contributed by atoms with van der Waals surface area (Å²) >= 11 is 0. The maximum Gasteiger partial charge on any atom is 0.278 e. The van der Waals surface area contributed by atoms with E-state index in [4.69, 9.17) is 10.7 Å². The van der Waals surface area contributed by atoms with Crippen LogP contribution in [-0.4, -0.2) is 18.6 Å². The van der Waals surface area contributed by atoms with Crippen molar-refractivity contribution in [2.24, 2.45) is 0 Å². The summed E-state index contributed by atoms with van der Waals surface area (Å²) in [5.74, 6) is 0. The molecule has 4 nitrogen and oxygen atoms in total. The molecule has 0 fully saturated rings. The van der Waals surface area contributed by atoms with E-state index in [1.807, 2.05) is 13.0 Å². The van der Waals surface area contributed by atoms with Gasteiger partial charge in [-0.05, 0) is 18.6 Å². The quantitative estimate of drug-likeness (QED) is 0.760. The van der Waals surface area contributed by atoms with E-state index in [-0.39, 0.29) is 5.03 Å². The molecule has 0 bridgehead atoms. The van der Waals surface area contributed by atoms with Crippen molar-refractivity contribution in [2.45, 2.75) is 11.9 Å². The molecule has 0 atom stereocenters. The number of aromatic amines is 1. The fourth-order valence-corrected chi connectivity index (χ4v) is 2.28. The van der Waals surface area contributed by atoms with E-state index in [1.54, 1.807) is 12.1 Å². The van der Waals surface area contributed by atoms with Gasteiger partial charge in [-0.25, -0.2) is 8.42 Å². The molecule has 1 N–H and O–H groups in total. The first-order chi connectivity index (χ1) is 6.50. The first kappa shape index (κ1) is 9.48. The van der Waals surface area contributed by atoms with Gasteiger partial charge in [0.05, 0.1) is 5.52 Å². The minimum Gasteiger partial charge on any atom is -0.265 e. The Morgan fingerprint density at radius 2 is 2.14 bits per heavy atom. The van der Waals surface area contributed by atoms with Gasteiger partial charge in [0.1, 0.15) is 0 Å². The number of halogens is 1. The Hall–Kier alpha value is -1.07. The Labute approximate surface area is 85.3 Å².